The molecular weight excluding hydrogens is 460 g/mol. The molecule has 2 amide bonds. The smallest absolute Gasteiger partial charge is 0.322 e. The Morgan fingerprint density at radius 2 is 2.16 bits per heavy atom. The first kappa shape index (κ1) is 16.8. The first-order valence-electron chi connectivity index (χ1n) is 7.89. The van der Waals surface area contributed by atoms with E-state index in [0.29, 0.717) is 15.0 Å². The largest absolute Gasteiger partial charge is 0.329 e. The van der Waals surface area contributed by atoms with Crippen molar-refractivity contribution in [2.45, 2.75) is 31.3 Å². The van der Waals surface area contributed by atoms with Crippen molar-refractivity contribution in [3.63, 3.8) is 0 Å². The van der Waals surface area contributed by atoms with Gasteiger partial charge in [0.2, 0.25) is 5.56 Å². The molecular formula is C17H14ClFIN3O2. The number of benzene rings is 1. The molecule has 2 aromatic rings. The summed E-state index contributed by atoms with van der Waals surface area (Å²) < 4.78 is 14.7. The number of H-pyrrole nitrogens is 1. The van der Waals surface area contributed by atoms with Crippen molar-refractivity contribution in [1.29, 1.82) is 0 Å². The Labute approximate surface area is 161 Å². The summed E-state index contributed by atoms with van der Waals surface area (Å²) in [4.78, 5) is 28.7. The molecule has 2 N–H and O–H groups in total. The fourth-order valence-electron chi connectivity index (χ4n) is 3.76. The Hall–Kier alpha value is -1.61. The summed E-state index contributed by atoms with van der Waals surface area (Å²) in [5.41, 5.74) is 1.89. The summed E-state index contributed by atoms with van der Waals surface area (Å²) >= 11 is 7.97. The predicted molar refractivity (Wildman–Crippen MR) is 102 cm³/mol. The highest BCUT2D eigenvalue weighted by Crippen LogP contribution is 2.43. The second-order valence-electron chi connectivity index (χ2n) is 6.31. The zero-order valence-electron chi connectivity index (χ0n) is 13.0. The van der Waals surface area contributed by atoms with Gasteiger partial charge in [-0.2, -0.15) is 0 Å². The van der Waals surface area contributed by atoms with E-state index in [1.165, 1.54) is 12.1 Å². The van der Waals surface area contributed by atoms with E-state index in [9.17, 15) is 14.0 Å². The van der Waals surface area contributed by atoms with Crippen LogP contribution in [-0.2, 0) is 6.42 Å². The van der Waals surface area contributed by atoms with Crippen LogP contribution < -0.4 is 10.9 Å². The molecule has 1 fully saturated rings. The number of anilines is 1. The van der Waals surface area contributed by atoms with Crippen molar-refractivity contribution >= 4 is 45.9 Å². The maximum Gasteiger partial charge on any atom is 0.322 e. The van der Waals surface area contributed by atoms with E-state index in [-0.39, 0.29) is 29.4 Å². The number of nitrogens with one attached hydrogen (secondary N) is 2. The lowest BCUT2D eigenvalue weighted by Crippen LogP contribution is -2.44. The molecule has 1 aromatic carbocycles. The first-order chi connectivity index (χ1) is 11.9. The minimum absolute atomic E-state index is 0.0154. The molecule has 0 spiro atoms. The van der Waals surface area contributed by atoms with Gasteiger partial charge in [0.05, 0.1) is 16.8 Å². The van der Waals surface area contributed by atoms with Crippen molar-refractivity contribution in [3.05, 3.63) is 60.3 Å². The SMILES string of the molecule is O=C(Nc1cc(Cl)c(I)cc1F)N1[C@H]2CC[C@@H]1c1c[nH]c(=O)cc1C2. The molecule has 2 atom stereocenters. The van der Waals surface area contributed by atoms with E-state index in [1.807, 2.05) is 22.6 Å². The van der Waals surface area contributed by atoms with Crippen LogP contribution in [0.25, 0.3) is 0 Å². The normalized spacial score (nSPS) is 21.2. The van der Waals surface area contributed by atoms with Crippen LogP contribution in [0.2, 0.25) is 5.02 Å². The molecule has 2 aliphatic rings. The number of pyridine rings is 1. The number of rotatable bonds is 1. The maximum atomic E-state index is 14.1. The Morgan fingerprint density at radius 3 is 2.96 bits per heavy atom. The van der Waals surface area contributed by atoms with Gasteiger partial charge in [0.25, 0.3) is 0 Å². The monoisotopic (exact) mass is 473 g/mol. The fourth-order valence-corrected chi connectivity index (χ4v) is 4.35. The second-order valence-corrected chi connectivity index (χ2v) is 7.88. The molecule has 3 heterocycles. The topological polar surface area (TPSA) is 65.2 Å². The highest BCUT2D eigenvalue weighted by atomic mass is 127. The van der Waals surface area contributed by atoms with E-state index < -0.39 is 5.82 Å². The van der Waals surface area contributed by atoms with Gasteiger partial charge in [-0.15, -0.1) is 0 Å². The number of aromatic nitrogens is 1. The Balaban J connectivity index is 1.63. The quantitative estimate of drug-likeness (QED) is 0.484. The van der Waals surface area contributed by atoms with Crippen LogP contribution in [-0.4, -0.2) is 22.0 Å². The Bertz CT molecular complexity index is 933. The Morgan fingerprint density at radius 1 is 1.36 bits per heavy atom. The van der Waals surface area contributed by atoms with Crippen molar-refractivity contribution < 1.29 is 9.18 Å². The summed E-state index contributed by atoms with van der Waals surface area (Å²) in [5, 5.41) is 3.03. The van der Waals surface area contributed by atoms with Gasteiger partial charge in [-0.3, -0.25) is 4.79 Å². The minimum atomic E-state index is -0.517. The molecule has 25 heavy (non-hydrogen) atoms. The molecule has 130 valence electrons. The third-order valence-electron chi connectivity index (χ3n) is 4.85. The summed E-state index contributed by atoms with van der Waals surface area (Å²) in [6.45, 7) is 0. The number of halogens is 3. The summed E-state index contributed by atoms with van der Waals surface area (Å²) in [7, 11) is 0. The van der Waals surface area contributed by atoms with Crippen LogP contribution in [0.15, 0.2) is 29.2 Å². The first-order valence-corrected chi connectivity index (χ1v) is 9.35. The van der Waals surface area contributed by atoms with E-state index in [4.69, 9.17) is 11.6 Å². The van der Waals surface area contributed by atoms with Crippen LogP contribution in [0.3, 0.4) is 0 Å². The van der Waals surface area contributed by atoms with Crippen LogP contribution in [0, 0.1) is 9.39 Å². The van der Waals surface area contributed by atoms with Crippen molar-refractivity contribution in [3.8, 4) is 0 Å². The van der Waals surface area contributed by atoms with Crippen LogP contribution >= 0.6 is 34.2 Å². The molecule has 5 nitrogen and oxygen atoms in total. The van der Waals surface area contributed by atoms with E-state index in [0.717, 1.165) is 24.0 Å². The number of aromatic amines is 1. The summed E-state index contributed by atoms with van der Waals surface area (Å²) in [6.07, 6.45) is 4.01. The number of carbonyl (C=O) groups excluding carboxylic acids is 1. The Kier molecular flexibility index (Phi) is 4.23. The van der Waals surface area contributed by atoms with Gasteiger partial charge >= 0.3 is 6.03 Å². The molecule has 0 unspecified atom stereocenters. The van der Waals surface area contributed by atoms with Gasteiger partial charge < -0.3 is 15.2 Å². The molecule has 2 aliphatic heterocycles. The van der Waals surface area contributed by atoms with Crippen LogP contribution in [0.5, 0.6) is 0 Å². The number of amides is 2. The lowest BCUT2D eigenvalue weighted by molar-refractivity contribution is 0.179. The average Bonchev–Trinajstić information content (AvgIpc) is 2.88. The van der Waals surface area contributed by atoms with Crippen molar-refractivity contribution in [2.24, 2.45) is 0 Å². The number of fused-ring (bicyclic) bond motifs is 4. The lowest BCUT2D eigenvalue weighted by Gasteiger charge is -2.36. The zero-order valence-corrected chi connectivity index (χ0v) is 15.9. The lowest BCUT2D eigenvalue weighted by atomic mass is 9.95. The third-order valence-corrected chi connectivity index (χ3v) is 6.37. The van der Waals surface area contributed by atoms with Gasteiger partial charge in [-0.25, -0.2) is 9.18 Å². The maximum absolute atomic E-state index is 14.1. The number of hydrogen-bond donors (Lipinski definition) is 2. The van der Waals surface area contributed by atoms with Crippen molar-refractivity contribution in [2.75, 3.05) is 5.32 Å². The fraction of sp³-hybridized carbons (Fsp3) is 0.294. The van der Waals surface area contributed by atoms with Gasteiger partial charge in [-0.1, -0.05) is 11.6 Å². The minimum Gasteiger partial charge on any atom is -0.329 e. The molecule has 0 saturated carbocycles. The number of urea groups is 1. The molecule has 8 heteroatoms. The summed E-state index contributed by atoms with van der Waals surface area (Å²) in [5.74, 6) is -0.517. The molecule has 1 saturated heterocycles. The van der Waals surface area contributed by atoms with Crippen molar-refractivity contribution in [1.82, 2.24) is 9.88 Å². The number of nitrogens with zero attached hydrogens (tertiary/aromatic N) is 1. The highest BCUT2D eigenvalue weighted by Gasteiger charge is 2.42. The van der Waals surface area contributed by atoms with E-state index in [1.54, 1.807) is 17.2 Å². The third kappa shape index (κ3) is 2.93. The number of hydrogen-bond acceptors (Lipinski definition) is 2. The molecule has 4 rings (SSSR count). The predicted octanol–water partition coefficient (Wildman–Crippen LogP) is 4.07. The number of carbonyl (C=O) groups is 1. The molecule has 0 radical (unpaired) electrons. The second kappa shape index (κ2) is 6.28. The van der Waals surface area contributed by atoms with Gasteiger partial charge in [0, 0.05) is 21.9 Å². The molecule has 0 aliphatic carbocycles. The molecule has 1 aromatic heterocycles. The zero-order chi connectivity index (χ0) is 17.7. The standard InChI is InChI=1S/C17H14ClFIN3O2/c18-11-5-14(12(19)6-13(11)20)22-17(25)23-9-1-2-15(23)10-7-21-16(24)4-8(10)3-9/h4-7,9,15H,1-3H2,(H,21,24)(H,22,25)/t9-,15+/m0/s1. The highest BCUT2D eigenvalue weighted by molar-refractivity contribution is 14.1. The van der Waals surface area contributed by atoms with E-state index >= 15 is 0 Å². The van der Waals surface area contributed by atoms with E-state index in [2.05, 4.69) is 10.3 Å². The van der Waals surface area contributed by atoms with Gasteiger partial charge in [0.1, 0.15) is 5.82 Å². The van der Waals surface area contributed by atoms with Crippen LogP contribution in [0.1, 0.15) is 30.0 Å². The molecule has 2 bridgehead atoms. The summed E-state index contributed by atoms with van der Waals surface area (Å²) in [6, 6.07) is 3.89. The van der Waals surface area contributed by atoms with Crippen LogP contribution in [0.4, 0.5) is 14.9 Å². The van der Waals surface area contributed by atoms with Gasteiger partial charge in [-0.05, 0) is 65.1 Å². The average molecular weight is 474 g/mol. The van der Waals surface area contributed by atoms with Gasteiger partial charge in [0.15, 0.2) is 0 Å².